The highest BCUT2D eigenvalue weighted by Gasteiger charge is 2.21. The molecule has 0 saturated carbocycles. The maximum atomic E-state index is 14.0. The first kappa shape index (κ1) is 19.4. The van der Waals surface area contributed by atoms with Crippen LogP contribution in [0.4, 0.5) is 4.39 Å². The maximum absolute atomic E-state index is 14.0. The van der Waals surface area contributed by atoms with Crippen molar-refractivity contribution >= 4 is 40.1 Å². The van der Waals surface area contributed by atoms with Gasteiger partial charge in [-0.05, 0) is 29.3 Å². The van der Waals surface area contributed by atoms with Crippen molar-refractivity contribution in [3.05, 3.63) is 70.0 Å². The fraction of sp³-hybridized carbons (Fsp3) is 0.150. The molecule has 1 amide bonds. The number of aromatic amines is 1. The Kier molecular flexibility index (Phi) is 5.02. The number of fused-ring (bicyclic) bond motifs is 1. The van der Waals surface area contributed by atoms with E-state index >= 15 is 0 Å². The molecular formula is C20H16Cl2FN5O. The van der Waals surface area contributed by atoms with E-state index in [4.69, 9.17) is 28.9 Å². The molecule has 6 nitrogen and oxygen atoms in total. The highest BCUT2D eigenvalue weighted by Crippen LogP contribution is 2.39. The molecule has 4 aromatic rings. The molecular weight excluding hydrogens is 416 g/mol. The molecule has 1 atom stereocenters. The van der Waals surface area contributed by atoms with Crippen molar-refractivity contribution in [2.24, 2.45) is 5.73 Å². The molecule has 29 heavy (non-hydrogen) atoms. The van der Waals surface area contributed by atoms with Crippen LogP contribution in [0.15, 0.2) is 43.0 Å². The zero-order valence-corrected chi connectivity index (χ0v) is 16.8. The van der Waals surface area contributed by atoms with E-state index in [1.54, 1.807) is 18.6 Å². The third-order valence-electron chi connectivity index (χ3n) is 4.83. The summed E-state index contributed by atoms with van der Waals surface area (Å²) in [5.41, 5.74) is 8.91. The number of aromatic nitrogens is 4. The number of carbonyl (C=O) groups is 1. The highest BCUT2D eigenvalue weighted by molar-refractivity contribution is 6.36. The summed E-state index contributed by atoms with van der Waals surface area (Å²) < 4.78 is 15.5. The van der Waals surface area contributed by atoms with Crippen LogP contribution in [-0.4, -0.2) is 25.7 Å². The molecule has 148 valence electrons. The van der Waals surface area contributed by atoms with Gasteiger partial charge >= 0.3 is 0 Å². The summed E-state index contributed by atoms with van der Waals surface area (Å²) in [5.74, 6) is -1.26. The topological polar surface area (TPSA) is 89.6 Å². The lowest BCUT2D eigenvalue weighted by Gasteiger charge is -2.15. The van der Waals surface area contributed by atoms with Gasteiger partial charge in [0.15, 0.2) is 0 Å². The molecule has 3 N–H and O–H groups in total. The minimum Gasteiger partial charge on any atom is -0.368 e. The van der Waals surface area contributed by atoms with Gasteiger partial charge in [-0.15, -0.1) is 0 Å². The van der Waals surface area contributed by atoms with Crippen LogP contribution in [0.5, 0.6) is 0 Å². The first-order chi connectivity index (χ1) is 13.8. The molecule has 4 rings (SSSR count). The van der Waals surface area contributed by atoms with E-state index in [2.05, 4.69) is 15.1 Å². The monoisotopic (exact) mass is 431 g/mol. The van der Waals surface area contributed by atoms with Gasteiger partial charge in [0.1, 0.15) is 18.0 Å². The zero-order chi connectivity index (χ0) is 20.7. The van der Waals surface area contributed by atoms with Gasteiger partial charge in [-0.2, -0.15) is 5.10 Å². The second-order valence-corrected chi connectivity index (χ2v) is 7.52. The van der Waals surface area contributed by atoms with Gasteiger partial charge in [-0.3, -0.25) is 9.48 Å². The summed E-state index contributed by atoms with van der Waals surface area (Å²) >= 11 is 12.5. The van der Waals surface area contributed by atoms with E-state index < -0.39 is 11.7 Å². The largest absolute Gasteiger partial charge is 0.368 e. The van der Waals surface area contributed by atoms with Crippen LogP contribution in [0.1, 0.15) is 24.0 Å². The van der Waals surface area contributed by atoms with E-state index in [-0.39, 0.29) is 17.5 Å². The Labute approximate surface area is 175 Å². The van der Waals surface area contributed by atoms with Gasteiger partial charge in [-0.25, -0.2) is 9.37 Å². The predicted octanol–water partition coefficient (Wildman–Crippen LogP) is 4.51. The molecule has 0 bridgehead atoms. The third kappa shape index (κ3) is 3.59. The maximum Gasteiger partial charge on any atom is 0.239 e. The number of rotatable bonds is 5. The summed E-state index contributed by atoms with van der Waals surface area (Å²) in [5, 5.41) is 5.41. The number of carbonyl (C=O) groups excluding carboxylic acids is 1. The quantitative estimate of drug-likeness (QED) is 0.455. The molecule has 0 aliphatic heterocycles. The van der Waals surface area contributed by atoms with E-state index in [9.17, 15) is 9.18 Å². The molecule has 3 heterocycles. The first-order valence-corrected chi connectivity index (χ1v) is 9.52. The number of halogens is 3. The minimum absolute atomic E-state index is 0.00131. The lowest BCUT2D eigenvalue weighted by molar-refractivity contribution is -0.118. The molecule has 0 unspecified atom stereocenters. The second kappa shape index (κ2) is 7.50. The van der Waals surface area contributed by atoms with Crippen LogP contribution < -0.4 is 5.73 Å². The number of nitrogens with two attached hydrogens (primary N) is 1. The number of nitrogens with one attached hydrogen (secondary N) is 1. The number of hydrogen-bond donors (Lipinski definition) is 2. The van der Waals surface area contributed by atoms with Gasteiger partial charge in [0, 0.05) is 46.0 Å². The Bertz CT molecular complexity index is 1230. The average Bonchev–Trinajstić information content (AvgIpc) is 3.30. The molecule has 1 aromatic carbocycles. The van der Waals surface area contributed by atoms with Crippen molar-refractivity contribution in [3.8, 4) is 11.1 Å². The summed E-state index contributed by atoms with van der Waals surface area (Å²) in [6.45, 7) is 1.91. The SMILES string of the molecule is C[C@H](c1c(Cl)ccc(F)c1Cl)c1c[nH]c2ncc(-c3cnn(CC(N)=O)c3)cc12. The number of nitrogens with zero attached hydrogens (tertiary/aromatic N) is 3. The molecule has 9 heteroatoms. The molecule has 0 saturated heterocycles. The molecule has 0 aliphatic carbocycles. The summed E-state index contributed by atoms with van der Waals surface area (Å²) in [6.07, 6.45) is 6.90. The van der Waals surface area contributed by atoms with E-state index in [0.717, 1.165) is 22.1 Å². The van der Waals surface area contributed by atoms with Crippen molar-refractivity contribution in [1.82, 2.24) is 19.7 Å². The Morgan fingerprint density at radius 3 is 2.86 bits per heavy atom. The lowest BCUT2D eigenvalue weighted by Crippen LogP contribution is -2.18. The van der Waals surface area contributed by atoms with Crippen molar-refractivity contribution in [2.45, 2.75) is 19.4 Å². The number of primary amides is 1. The highest BCUT2D eigenvalue weighted by atomic mass is 35.5. The summed E-state index contributed by atoms with van der Waals surface area (Å²) in [4.78, 5) is 18.7. The predicted molar refractivity (Wildman–Crippen MR) is 110 cm³/mol. The van der Waals surface area contributed by atoms with Crippen molar-refractivity contribution < 1.29 is 9.18 Å². The smallest absolute Gasteiger partial charge is 0.239 e. The first-order valence-electron chi connectivity index (χ1n) is 8.76. The van der Waals surface area contributed by atoms with Crippen LogP contribution in [0.25, 0.3) is 22.2 Å². The fourth-order valence-electron chi connectivity index (χ4n) is 3.39. The Morgan fingerprint density at radius 1 is 1.31 bits per heavy atom. The number of benzene rings is 1. The second-order valence-electron chi connectivity index (χ2n) is 6.74. The van der Waals surface area contributed by atoms with Crippen LogP contribution in [0.3, 0.4) is 0 Å². The molecule has 0 radical (unpaired) electrons. The Hall–Kier alpha value is -2.90. The average molecular weight is 432 g/mol. The van der Waals surface area contributed by atoms with Crippen LogP contribution in [0.2, 0.25) is 10.0 Å². The van der Waals surface area contributed by atoms with Crippen LogP contribution in [-0.2, 0) is 11.3 Å². The summed E-state index contributed by atoms with van der Waals surface area (Å²) in [6, 6.07) is 4.71. The van der Waals surface area contributed by atoms with Gasteiger partial charge in [0.05, 0.1) is 11.2 Å². The lowest BCUT2D eigenvalue weighted by atomic mass is 9.92. The van der Waals surface area contributed by atoms with E-state index in [1.807, 2.05) is 19.2 Å². The molecule has 0 aliphatic rings. The van der Waals surface area contributed by atoms with Gasteiger partial charge < -0.3 is 10.7 Å². The van der Waals surface area contributed by atoms with E-state index in [0.29, 0.717) is 16.2 Å². The van der Waals surface area contributed by atoms with Gasteiger partial charge in [-0.1, -0.05) is 30.1 Å². The van der Waals surface area contributed by atoms with Crippen molar-refractivity contribution in [3.63, 3.8) is 0 Å². The molecule has 3 aromatic heterocycles. The van der Waals surface area contributed by atoms with Crippen LogP contribution >= 0.6 is 23.2 Å². The zero-order valence-electron chi connectivity index (χ0n) is 15.3. The van der Waals surface area contributed by atoms with Crippen molar-refractivity contribution in [1.29, 1.82) is 0 Å². The van der Waals surface area contributed by atoms with Crippen molar-refractivity contribution in [2.75, 3.05) is 0 Å². The number of pyridine rings is 1. The van der Waals surface area contributed by atoms with Gasteiger partial charge in [0.2, 0.25) is 5.91 Å². The normalized spacial score (nSPS) is 12.4. The van der Waals surface area contributed by atoms with Crippen LogP contribution in [0, 0.1) is 5.82 Å². The Morgan fingerprint density at radius 2 is 2.10 bits per heavy atom. The molecule has 0 spiro atoms. The third-order valence-corrected chi connectivity index (χ3v) is 5.54. The number of amides is 1. The number of hydrogen-bond acceptors (Lipinski definition) is 3. The fourth-order valence-corrected chi connectivity index (χ4v) is 4.09. The Balaban J connectivity index is 1.77. The molecule has 0 fully saturated rings. The minimum atomic E-state index is -0.515. The standard InChI is InChI=1S/C20H16Cl2FN5O/c1-10(18-15(21)2-3-16(23)19(18)22)14-7-26-20-13(14)4-11(5-25-20)12-6-27-28(8-12)9-17(24)29/h2-8,10H,9H2,1H3,(H2,24,29)(H,25,26)/t10-/m0/s1. The van der Waals surface area contributed by atoms with E-state index in [1.165, 1.54) is 16.8 Å². The van der Waals surface area contributed by atoms with Gasteiger partial charge in [0.25, 0.3) is 0 Å². The summed E-state index contributed by atoms with van der Waals surface area (Å²) in [7, 11) is 0. The number of H-pyrrole nitrogens is 1.